The maximum absolute atomic E-state index is 12.9. The molecule has 1 heterocycles. The molecule has 1 amide bonds. The van der Waals surface area contributed by atoms with Crippen molar-refractivity contribution in [3.05, 3.63) is 83.9 Å². The number of benzene rings is 3. The molecule has 160 valence electrons. The van der Waals surface area contributed by atoms with E-state index in [4.69, 9.17) is 0 Å². The zero-order valence-electron chi connectivity index (χ0n) is 18.3. The number of fused-ring (bicyclic) bond motifs is 1. The molecule has 2 fully saturated rings. The fraction of sp³-hybridized carbons (Fsp3) is 0.370. The van der Waals surface area contributed by atoms with Crippen molar-refractivity contribution in [3.8, 4) is 0 Å². The van der Waals surface area contributed by atoms with Crippen LogP contribution < -0.4 is 5.32 Å². The number of rotatable bonds is 6. The predicted molar refractivity (Wildman–Crippen MR) is 126 cm³/mol. The average molecular weight is 414 g/mol. The van der Waals surface area contributed by atoms with E-state index in [0.29, 0.717) is 12.5 Å². The van der Waals surface area contributed by atoms with E-state index in [-0.39, 0.29) is 11.4 Å². The van der Waals surface area contributed by atoms with Crippen molar-refractivity contribution >= 4 is 16.7 Å². The SMILES string of the molecule is CN1CCN(C(=O)CN[C@]2(Cc3ccc4ccccc4c3)C[C@H]2c2ccccc2)CC1. The molecule has 0 aromatic heterocycles. The molecule has 4 heteroatoms. The van der Waals surface area contributed by atoms with Gasteiger partial charge in [-0.15, -0.1) is 0 Å². The number of carbonyl (C=O) groups is 1. The zero-order chi connectivity index (χ0) is 21.3. The van der Waals surface area contributed by atoms with Gasteiger partial charge in [0, 0.05) is 37.6 Å². The summed E-state index contributed by atoms with van der Waals surface area (Å²) in [6, 6.07) is 26.0. The number of carbonyl (C=O) groups excluding carboxylic acids is 1. The third-order valence-electron chi connectivity index (χ3n) is 7.06. The van der Waals surface area contributed by atoms with Crippen molar-refractivity contribution in [1.82, 2.24) is 15.1 Å². The van der Waals surface area contributed by atoms with Crippen molar-refractivity contribution in [3.63, 3.8) is 0 Å². The molecule has 1 saturated heterocycles. The number of hydrogen-bond donors (Lipinski definition) is 1. The van der Waals surface area contributed by atoms with Crippen LogP contribution in [-0.4, -0.2) is 61.0 Å². The van der Waals surface area contributed by atoms with Gasteiger partial charge in [0.1, 0.15) is 0 Å². The van der Waals surface area contributed by atoms with E-state index in [1.165, 1.54) is 21.9 Å². The minimum Gasteiger partial charge on any atom is -0.339 e. The average Bonchev–Trinajstić information content (AvgIpc) is 3.52. The zero-order valence-corrected chi connectivity index (χ0v) is 18.3. The van der Waals surface area contributed by atoms with Crippen LogP contribution >= 0.6 is 0 Å². The van der Waals surface area contributed by atoms with Gasteiger partial charge in [-0.3, -0.25) is 4.79 Å². The molecule has 31 heavy (non-hydrogen) atoms. The van der Waals surface area contributed by atoms with Crippen LogP contribution in [0.3, 0.4) is 0 Å². The Balaban J connectivity index is 1.33. The molecule has 0 unspecified atom stereocenters. The van der Waals surface area contributed by atoms with Crippen LogP contribution in [0, 0.1) is 0 Å². The molecular formula is C27H31N3O. The first-order valence-electron chi connectivity index (χ1n) is 11.4. The quantitative estimate of drug-likeness (QED) is 0.670. The fourth-order valence-corrected chi connectivity index (χ4v) is 5.01. The Hall–Kier alpha value is -2.69. The number of likely N-dealkylation sites (N-methyl/N-ethyl adjacent to an activating group) is 1. The number of nitrogens with one attached hydrogen (secondary N) is 1. The first kappa shape index (κ1) is 20.2. The van der Waals surface area contributed by atoms with Gasteiger partial charge < -0.3 is 15.1 Å². The molecule has 1 N–H and O–H groups in total. The van der Waals surface area contributed by atoms with E-state index in [1.807, 2.05) is 4.90 Å². The molecular weight excluding hydrogens is 382 g/mol. The Morgan fingerprint density at radius 2 is 1.65 bits per heavy atom. The Bertz CT molecular complexity index is 1060. The van der Waals surface area contributed by atoms with Crippen molar-refractivity contribution in [1.29, 1.82) is 0 Å². The molecule has 2 atom stereocenters. The largest absolute Gasteiger partial charge is 0.339 e. The summed E-state index contributed by atoms with van der Waals surface area (Å²) in [5.41, 5.74) is 2.64. The van der Waals surface area contributed by atoms with Gasteiger partial charge >= 0.3 is 0 Å². The van der Waals surface area contributed by atoms with E-state index in [9.17, 15) is 4.79 Å². The van der Waals surface area contributed by atoms with Crippen LogP contribution in [0.15, 0.2) is 72.8 Å². The van der Waals surface area contributed by atoms with E-state index in [0.717, 1.165) is 39.0 Å². The molecule has 4 nitrogen and oxygen atoms in total. The summed E-state index contributed by atoms with van der Waals surface area (Å²) in [5.74, 6) is 0.671. The van der Waals surface area contributed by atoms with Crippen molar-refractivity contribution in [2.24, 2.45) is 0 Å². The topological polar surface area (TPSA) is 35.6 Å². The van der Waals surface area contributed by atoms with E-state index in [2.05, 4.69) is 90.1 Å². The normalized spacial score (nSPS) is 23.8. The molecule has 1 saturated carbocycles. The highest BCUT2D eigenvalue weighted by molar-refractivity contribution is 5.83. The molecule has 3 aromatic carbocycles. The number of amides is 1. The summed E-state index contributed by atoms with van der Waals surface area (Å²) >= 11 is 0. The molecule has 0 spiro atoms. The van der Waals surface area contributed by atoms with Gasteiger partial charge in [0.15, 0.2) is 0 Å². The van der Waals surface area contributed by atoms with Crippen molar-refractivity contribution in [2.75, 3.05) is 39.8 Å². The maximum atomic E-state index is 12.9. The second kappa shape index (κ2) is 8.45. The smallest absolute Gasteiger partial charge is 0.236 e. The first-order chi connectivity index (χ1) is 15.1. The van der Waals surface area contributed by atoms with Crippen LogP contribution in [-0.2, 0) is 11.2 Å². The summed E-state index contributed by atoms with van der Waals surface area (Å²) in [6.07, 6.45) is 2.01. The number of hydrogen-bond acceptors (Lipinski definition) is 3. The van der Waals surface area contributed by atoms with Gasteiger partial charge in [-0.2, -0.15) is 0 Å². The van der Waals surface area contributed by atoms with E-state index in [1.54, 1.807) is 0 Å². The molecule has 2 aliphatic rings. The van der Waals surface area contributed by atoms with Crippen LogP contribution in [0.2, 0.25) is 0 Å². The maximum Gasteiger partial charge on any atom is 0.236 e. The Kier molecular flexibility index (Phi) is 5.51. The lowest BCUT2D eigenvalue weighted by Gasteiger charge is -2.33. The van der Waals surface area contributed by atoms with Crippen LogP contribution in [0.1, 0.15) is 23.5 Å². The van der Waals surface area contributed by atoms with Gasteiger partial charge in [0.05, 0.1) is 6.54 Å². The number of piperazine rings is 1. The Morgan fingerprint density at radius 1 is 0.935 bits per heavy atom. The summed E-state index contributed by atoms with van der Waals surface area (Å²) in [5, 5.41) is 6.27. The number of nitrogens with zero attached hydrogens (tertiary/aromatic N) is 2. The third kappa shape index (κ3) is 4.36. The van der Waals surface area contributed by atoms with Crippen molar-refractivity contribution < 1.29 is 4.79 Å². The molecule has 0 radical (unpaired) electrons. The molecule has 3 aromatic rings. The van der Waals surface area contributed by atoms with Gasteiger partial charge in [0.2, 0.25) is 5.91 Å². The standard InChI is InChI=1S/C27H31N3O/c1-29-13-15-30(16-14-29)26(31)20-28-27(19-25(27)23-8-3-2-4-9-23)18-21-11-12-22-7-5-6-10-24(22)17-21/h2-12,17,25,28H,13-16,18-20H2,1H3/t25-,27+/m0/s1. The van der Waals surface area contributed by atoms with Gasteiger partial charge in [-0.25, -0.2) is 0 Å². The summed E-state index contributed by atoms with van der Waals surface area (Å²) in [4.78, 5) is 17.2. The van der Waals surface area contributed by atoms with Crippen LogP contribution in [0.25, 0.3) is 10.8 Å². The van der Waals surface area contributed by atoms with Gasteiger partial charge in [-0.1, -0.05) is 72.8 Å². The summed E-state index contributed by atoms with van der Waals surface area (Å²) < 4.78 is 0. The Labute approximate surface area is 184 Å². The van der Waals surface area contributed by atoms with Crippen LogP contribution in [0.4, 0.5) is 0 Å². The van der Waals surface area contributed by atoms with E-state index < -0.39 is 0 Å². The summed E-state index contributed by atoms with van der Waals surface area (Å²) in [7, 11) is 2.12. The second-order valence-electron chi connectivity index (χ2n) is 9.22. The van der Waals surface area contributed by atoms with Gasteiger partial charge in [-0.05, 0) is 41.8 Å². The lowest BCUT2D eigenvalue weighted by Crippen LogP contribution is -2.51. The highest BCUT2D eigenvalue weighted by Gasteiger charge is 2.54. The predicted octanol–water partition coefficient (Wildman–Crippen LogP) is 3.67. The second-order valence-corrected chi connectivity index (χ2v) is 9.22. The summed E-state index contributed by atoms with van der Waals surface area (Å²) in [6.45, 7) is 4.00. The minimum atomic E-state index is -0.0496. The monoisotopic (exact) mass is 413 g/mol. The fourth-order valence-electron chi connectivity index (χ4n) is 5.01. The molecule has 1 aliphatic carbocycles. The third-order valence-corrected chi connectivity index (χ3v) is 7.06. The minimum absolute atomic E-state index is 0.0496. The highest BCUT2D eigenvalue weighted by atomic mass is 16.2. The van der Waals surface area contributed by atoms with Crippen LogP contribution in [0.5, 0.6) is 0 Å². The van der Waals surface area contributed by atoms with Gasteiger partial charge in [0.25, 0.3) is 0 Å². The van der Waals surface area contributed by atoms with E-state index >= 15 is 0 Å². The molecule has 0 bridgehead atoms. The van der Waals surface area contributed by atoms with Crippen molar-refractivity contribution in [2.45, 2.75) is 24.3 Å². The molecule has 5 rings (SSSR count). The lowest BCUT2D eigenvalue weighted by atomic mass is 9.96. The lowest BCUT2D eigenvalue weighted by molar-refractivity contribution is -0.132. The highest BCUT2D eigenvalue weighted by Crippen LogP contribution is 2.53. The first-order valence-corrected chi connectivity index (χ1v) is 11.4. The Morgan fingerprint density at radius 3 is 2.42 bits per heavy atom. The molecule has 1 aliphatic heterocycles.